The van der Waals surface area contributed by atoms with Gasteiger partial charge in [0.25, 0.3) is 0 Å². The lowest BCUT2D eigenvalue weighted by atomic mass is 9.96. The highest BCUT2D eigenvalue weighted by Gasteiger charge is 2.14. The lowest BCUT2D eigenvalue weighted by Gasteiger charge is -2.22. The molecule has 1 rings (SSSR count). The zero-order valence-corrected chi connectivity index (χ0v) is 9.81. The van der Waals surface area contributed by atoms with Crippen molar-refractivity contribution in [3.63, 3.8) is 0 Å². The summed E-state index contributed by atoms with van der Waals surface area (Å²) in [5.74, 6) is -0.320. The molecule has 3 heteroatoms. The largest absolute Gasteiger partial charge is 0.481 e. The normalized spacial score (nSPS) is 12.7. The van der Waals surface area contributed by atoms with Crippen LogP contribution < -0.4 is 5.32 Å². The fraction of sp³-hybridized carbons (Fsp3) is 0.462. The maximum Gasteiger partial charge on any atom is 0.304 e. The quantitative estimate of drug-likeness (QED) is 0.775. The Morgan fingerprint density at radius 1 is 1.31 bits per heavy atom. The maximum absolute atomic E-state index is 10.4. The van der Waals surface area contributed by atoms with Gasteiger partial charge in [-0.3, -0.25) is 4.79 Å². The summed E-state index contributed by atoms with van der Waals surface area (Å²) in [6.07, 6.45) is 0.163. The van der Waals surface area contributed by atoms with Gasteiger partial charge < -0.3 is 10.4 Å². The number of rotatable bonds is 6. The Hall–Kier alpha value is -1.35. The molecule has 1 unspecified atom stereocenters. The molecule has 1 aromatic carbocycles. The van der Waals surface area contributed by atoms with Crippen molar-refractivity contribution in [2.75, 3.05) is 6.54 Å². The zero-order chi connectivity index (χ0) is 12.0. The highest BCUT2D eigenvalue weighted by Crippen LogP contribution is 2.20. The molecular formula is C13H19NO2. The summed E-state index contributed by atoms with van der Waals surface area (Å²) >= 11 is 0. The minimum absolute atomic E-state index is 0.163. The second-order valence-corrected chi connectivity index (χ2v) is 4.23. The van der Waals surface area contributed by atoms with Crippen molar-refractivity contribution in [2.24, 2.45) is 5.92 Å². The number of benzene rings is 1. The molecular weight excluding hydrogens is 202 g/mol. The summed E-state index contributed by atoms with van der Waals surface area (Å²) in [6.45, 7) is 4.77. The smallest absolute Gasteiger partial charge is 0.304 e. The molecule has 2 N–H and O–H groups in total. The highest BCUT2D eigenvalue weighted by molar-refractivity contribution is 5.66. The molecule has 0 heterocycles. The molecule has 1 atom stereocenters. The Labute approximate surface area is 96.5 Å². The lowest BCUT2D eigenvalue weighted by Crippen LogP contribution is -2.27. The molecule has 0 aliphatic carbocycles. The number of carboxylic acids is 1. The van der Waals surface area contributed by atoms with Crippen molar-refractivity contribution in [3.8, 4) is 0 Å². The predicted molar refractivity (Wildman–Crippen MR) is 64.3 cm³/mol. The van der Waals surface area contributed by atoms with E-state index in [-0.39, 0.29) is 12.5 Å². The van der Waals surface area contributed by atoms with Gasteiger partial charge in [0.05, 0.1) is 6.42 Å². The molecule has 0 bridgehead atoms. The molecule has 88 valence electrons. The van der Waals surface area contributed by atoms with Gasteiger partial charge in [-0.15, -0.1) is 0 Å². The summed E-state index contributed by atoms with van der Waals surface area (Å²) in [7, 11) is 0. The van der Waals surface area contributed by atoms with E-state index in [0.29, 0.717) is 12.5 Å². The fourth-order valence-electron chi connectivity index (χ4n) is 1.73. The molecule has 0 aliphatic heterocycles. The van der Waals surface area contributed by atoms with E-state index in [0.717, 1.165) is 0 Å². The lowest BCUT2D eigenvalue weighted by molar-refractivity contribution is -0.136. The third kappa shape index (κ3) is 4.03. The monoisotopic (exact) mass is 221 g/mol. The summed E-state index contributed by atoms with van der Waals surface area (Å²) in [4.78, 5) is 10.4. The summed E-state index contributed by atoms with van der Waals surface area (Å²) in [5, 5.41) is 11.9. The van der Waals surface area contributed by atoms with Crippen molar-refractivity contribution in [1.29, 1.82) is 0 Å². The Balaban J connectivity index is 2.58. The summed E-state index contributed by atoms with van der Waals surface area (Å²) in [5.41, 5.74) is 1.21. The predicted octanol–water partition coefficient (Wildman–Crippen LogP) is 2.45. The molecule has 0 fully saturated rings. The number of aliphatic carboxylic acids is 1. The first-order valence-electron chi connectivity index (χ1n) is 5.61. The SMILES string of the molecule is CC(C)C(NCCC(=O)O)c1ccccc1. The van der Waals surface area contributed by atoms with Crippen LogP contribution in [0.5, 0.6) is 0 Å². The van der Waals surface area contributed by atoms with Gasteiger partial charge in [-0.2, -0.15) is 0 Å². The van der Waals surface area contributed by atoms with Crippen molar-refractivity contribution < 1.29 is 9.90 Å². The summed E-state index contributed by atoms with van der Waals surface area (Å²) in [6, 6.07) is 10.3. The van der Waals surface area contributed by atoms with Crippen LogP contribution in [0.25, 0.3) is 0 Å². The van der Waals surface area contributed by atoms with Crippen molar-refractivity contribution in [1.82, 2.24) is 5.32 Å². The molecule has 0 radical (unpaired) electrons. The number of carboxylic acid groups (broad SMARTS) is 1. The van der Waals surface area contributed by atoms with Gasteiger partial charge in [0, 0.05) is 12.6 Å². The van der Waals surface area contributed by atoms with Crippen LogP contribution in [0, 0.1) is 5.92 Å². The van der Waals surface area contributed by atoms with Crippen LogP contribution in [-0.4, -0.2) is 17.6 Å². The Bertz CT molecular complexity index is 322. The van der Waals surface area contributed by atoms with Gasteiger partial charge in [-0.1, -0.05) is 44.2 Å². The van der Waals surface area contributed by atoms with Crippen LogP contribution >= 0.6 is 0 Å². The van der Waals surface area contributed by atoms with Crippen LogP contribution in [0.1, 0.15) is 31.9 Å². The molecule has 0 saturated carbocycles. The van der Waals surface area contributed by atoms with E-state index in [9.17, 15) is 4.79 Å². The average Bonchev–Trinajstić information content (AvgIpc) is 2.25. The van der Waals surface area contributed by atoms with E-state index in [4.69, 9.17) is 5.11 Å². The van der Waals surface area contributed by atoms with Gasteiger partial charge in [0.2, 0.25) is 0 Å². The average molecular weight is 221 g/mol. The van der Waals surface area contributed by atoms with E-state index < -0.39 is 5.97 Å². The van der Waals surface area contributed by atoms with Crippen molar-refractivity contribution >= 4 is 5.97 Å². The van der Waals surface area contributed by atoms with Crippen molar-refractivity contribution in [3.05, 3.63) is 35.9 Å². The Morgan fingerprint density at radius 2 is 1.94 bits per heavy atom. The van der Waals surface area contributed by atoms with Crippen LogP contribution in [0.4, 0.5) is 0 Å². The molecule has 0 aromatic heterocycles. The molecule has 1 aromatic rings. The minimum atomic E-state index is -0.761. The molecule has 16 heavy (non-hydrogen) atoms. The number of hydrogen-bond donors (Lipinski definition) is 2. The molecule has 0 spiro atoms. The third-order valence-corrected chi connectivity index (χ3v) is 2.53. The number of nitrogens with one attached hydrogen (secondary N) is 1. The Morgan fingerprint density at radius 3 is 2.44 bits per heavy atom. The van der Waals surface area contributed by atoms with Gasteiger partial charge >= 0.3 is 5.97 Å². The van der Waals surface area contributed by atoms with Crippen LogP contribution in [0.3, 0.4) is 0 Å². The summed E-state index contributed by atoms with van der Waals surface area (Å²) < 4.78 is 0. The Kier molecular flexibility index (Phi) is 4.99. The van der Waals surface area contributed by atoms with Crippen LogP contribution in [0.15, 0.2) is 30.3 Å². The number of hydrogen-bond acceptors (Lipinski definition) is 2. The van der Waals surface area contributed by atoms with E-state index in [1.165, 1.54) is 5.56 Å². The molecule has 0 aliphatic rings. The third-order valence-electron chi connectivity index (χ3n) is 2.53. The van der Waals surface area contributed by atoms with Gasteiger partial charge in [0.15, 0.2) is 0 Å². The highest BCUT2D eigenvalue weighted by atomic mass is 16.4. The molecule has 0 amide bonds. The first kappa shape index (κ1) is 12.7. The van der Waals surface area contributed by atoms with Gasteiger partial charge in [-0.25, -0.2) is 0 Å². The maximum atomic E-state index is 10.4. The first-order valence-corrected chi connectivity index (χ1v) is 5.61. The fourth-order valence-corrected chi connectivity index (χ4v) is 1.73. The molecule has 0 saturated heterocycles. The van der Waals surface area contributed by atoms with Crippen molar-refractivity contribution in [2.45, 2.75) is 26.3 Å². The van der Waals surface area contributed by atoms with Crippen LogP contribution in [-0.2, 0) is 4.79 Å². The van der Waals surface area contributed by atoms with E-state index in [1.54, 1.807) is 0 Å². The van der Waals surface area contributed by atoms with Gasteiger partial charge in [0.1, 0.15) is 0 Å². The standard InChI is InChI=1S/C13H19NO2/c1-10(2)13(14-9-8-12(15)16)11-6-4-3-5-7-11/h3-7,10,13-14H,8-9H2,1-2H3,(H,15,16). The molecule has 3 nitrogen and oxygen atoms in total. The van der Waals surface area contributed by atoms with E-state index in [1.807, 2.05) is 18.2 Å². The number of carbonyl (C=O) groups is 1. The topological polar surface area (TPSA) is 49.3 Å². The second kappa shape index (κ2) is 6.28. The first-order chi connectivity index (χ1) is 7.61. The van der Waals surface area contributed by atoms with E-state index in [2.05, 4.69) is 31.3 Å². The second-order valence-electron chi connectivity index (χ2n) is 4.23. The minimum Gasteiger partial charge on any atom is -0.481 e. The zero-order valence-electron chi connectivity index (χ0n) is 9.81. The van der Waals surface area contributed by atoms with E-state index >= 15 is 0 Å². The van der Waals surface area contributed by atoms with Gasteiger partial charge in [-0.05, 0) is 11.5 Å². The van der Waals surface area contributed by atoms with Crippen LogP contribution in [0.2, 0.25) is 0 Å².